The molecule has 2 N–H and O–H groups in total. The third kappa shape index (κ3) is 3.46. The number of carbonyl (C=O) groups is 1. The van der Waals surface area contributed by atoms with Crippen LogP contribution in [-0.2, 0) is 9.53 Å². The molecule has 0 saturated carbocycles. The van der Waals surface area contributed by atoms with Crippen molar-refractivity contribution < 1.29 is 19.7 Å². The Hall–Kier alpha value is -0.610. The first-order chi connectivity index (χ1) is 7.41. The average molecular weight is 230 g/mol. The molecule has 0 bridgehead atoms. The molecule has 4 heteroatoms. The summed E-state index contributed by atoms with van der Waals surface area (Å²) < 4.78 is 5.66. The number of hydrogen-bond acceptors (Lipinski definition) is 3. The first-order valence-corrected chi connectivity index (χ1v) is 5.98. The molecule has 1 saturated heterocycles. The molecule has 94 valence electrons. The third-order valence-electron chi connectivity index (χ3n) is 3.36. The molecule has 4 atom stereocenters. The lowest BCUT2D eigenvalue weighted by molar-refractivity contribution is -0.146. The molecular formula is C12H22O4. The fraction of sp³-hybridized carbons (Fsp3) is 0.917. The van der Waals surface area contributed by atoms with Gasteiger partial charge in [-0.05, 0) is 32.1 Å². The Morgan fingerprint density at radius 3 is 2.50 bits per heavy atom. The number of carboxylic acids is 1. The fourth-order valence-electron chi connectivity index (χ4n) is 1.98. The monoisotopic (exact) mass is 230 g/mol. The van der Waals surface area contributed by atoms with E-state index in [4.69, 9.17) is 9.84 Å². The Labute approximate surface area is 96.6 Å². The number of aliphatic hydroxyl groups excluding tert-OH is 1. The van der Waals surface area contributed by atoms with Gasteiger partial charge in [-0.3, -0.25) is 4.79 Å². The summed E-state index contributed by atoms with van der Waals surface area (Å²) in [4.78, 5) is 10.8. The van der Waals surface area contributed by atoms with Crippen LogP contribution in [0.2, 0.25) is 0 Å². The van der Waals surface area contributed by atoms with Crippen molar-refractivity contribution in [1.82, 2.24) is 0 Å². The molecule has 0 aliphatic carbocycles. The molecule has 16 heavy (non-hydrogen) atoms. The van der Waals surface area contributed by atoms with Crippen LogP contribution in [0.25, 0.3) is 0 Å². The number of carboxylic acid groups (broad SMARTS) is 1. The number of rotatable bonds is 5. The van der Waals surface area contributed by atoms with E-state index in [1.165, 1.54) is 0 Å². The molecule has 0 aromatic heterocycles. The van der Waals surface area contributed by atoms with Crippen molar-refractivity contribution in [3.05, 3.63) is 0 Å². The van der Waals surface area contributed by atoms with Gasteiger partial charge in [0.05, 0.1) is 24.2 Å². The summed E-state index contributed by atoms with van der Waals surface area (Å²) in [5, 5.41) is 18.6. The Morgan fingerprint density at radius 1 is 1.38 bits per heavy atom. The highest BCUT2D eigenvalue weighted by molar-refractivity contribution is 5.70. The fourth-order valence-corrected chi connectivity index (χ4v) is 1.98. The lowest BCUT2D eigenvalue weighted by Crippen LogP contribution is -2.27. The van der Waals surface area contributed by atoms with Gasteiger partial charge in [0, 0.05) is 0 Å². The lowest BCUT2D eigenvalue weighted by Gasteiger charge is -2.20. The van der Waals surface area contributed by atoms with Crippen molar-refractivity contribution in [1.29, 1.82) is 0 Å². The van der Waals surface area contributed by atoms with Crippen LogP contribution >= 0.6 is 0 Å². The van der Waals surface area contributed by atoms with Crippen LogP contribution in [0.3, 0.4) is 0 Å². The zero-order chi connectivity index (χ0) is 12.3. The molecule has 1 fully saturated rings. The molecule has 1 rings (SSSR count). The van der Waals surface area contributed by atoms with E-state index < -0.39 is 11.9 Å². The summed E-state index contributed by atoms with van der Waals surface area (Å²) in [6, 6.07) is 0. The van der Waals surface area contributed by atoms with Crippen LogP contribution < -0.4 is 0 Å². The summed E-state index contributed by atoms with van der Waals surface area (Å²) in [6.45, 7) is 5.61. The Morgan fingerprint density at radius 2 is 2.00 bits per heavy atom. The molecular weight excluding hydrogens is 208 g/mol. The Balaban J connectivity index is 2.38. The second-order valence-electron chi connectivity index (χ2n) is 5.05. The minimum absolute atomic E-state index is 0.0178. The summed E-state index contributed by atoms with van der Waals surface area (Å²) in [5.41, 5.74) is 0. The number of hydrogen-bond donors (Lipinski definition) is 2. The second-order valence-corrected chi connectivity index (χ2v) is 5.05. The van der Waals surface area contributed by atoms with E-state index in [0.29, 0.717) is 6.42 Å². The van der Waals surface area contributed by atoms with Gasteiger partial charge in [-0.25, -0.2) is 0 Å². The molecule has 0 amide bonds. The molecule has 1 aliphatic heterocycles. The molecule has 0 radical (unpaired) electrons. The van der Waals surface area contributed by atoms with Crippen LogP contribution in [0, 0.1) is 11.8 Å². The quantitative estimate of drug-likeness (QED) is 0.753. The van der Waals surface area contributed by atoms with Crippen molar-refractivity contribution in [3.63, 3.8) is 0 Å². The Bertz CT molecular complexity index is 239. The van der Waals surface area contributed by atoms with E-state index in [1.807, 2.05) is 13.8 Å². The van der Waals surface area contributed by atoms with E-state index in [-0.39, 0.29) is 24.2 Å². The van der Waals surface area contributed by atoms with Gasteiger partial charge >= 0.3 is 5.97 Å². The van der Waals surface area contributed by atoms with Crippen LogP contribution in [-0.4, -0.2) is 34.5 Å². The van der Waals surface area contributed by atoms with Crippen molar-refractivity contribution >= 4 is 5.97 Å². The van der Waals surface area contributed by atoms with E-state index in [0.717, 1.165) is 12.8 Å². The van der Waals surface area contributed by atoms with Crippen molar-refractivity contribution in [2.24, 2.45) is 11.8 Å². The standard InChI is InChI=1S/C12H22O4/c1-7(2)10(13)6-9-4-5-11(16-9)8(3)12(14)15/h7-11,13H,4-6H2,1-3H3,(H,14,15)/t8-,9+,10+,11-/m1/s1. The highest BCUT2D eigenvalue weighted by atomic mass is 16.5. The zero-order valence-electron chi connectivity index (χ0n) is 10.2. The third-order valence-corrected chi connectivity index (χ3v) is 3.36. The number of aliphatic hydroxyl groups is 1. The number of aliphatic carboxylic acids is 1. The normalized spacial score (nSPS) is 29.3. The summed E-state index contributed by atoms with van der Waals surface area (Å²) in [6.07, 6.45) is 1.71. The topological polar surface area (TPSA) is 66.8 Å². The largest absolute Gasteiger partial charge is 0.481 e. The SMILES string of the molecule is CC(C)[C@@H](O)C[C@@H]1CC[C@H]([C@@H](C)C(=O)O)O1. The molecule has 0 aromatic rings. The zero-order valence-corrected chi connectivity index (χ0v) is 10.2. The van der Waals surface area contributed by atoms with Crippen LogP contribution in [0.4, 0.5) is 0 Å². The van der Waals surface area contributed by atoms with Crippen LogP contribution in [0.1, 0.15) is 40.0 Å². The highest BCUT2D eigenvalue weighted by Crippen LogP contribution is 2.29. The average Bonchev–Trinajstić information content (AvgIpc) is 2.64. The molecule has 1 aliphatic rings. The van der Waals surface area contributed by atoms with Gasteiger partial charge in [0.1, 0.15) is 0 Å². The smallest absolute Gasteiger partial charge is 0.308 e. The predicted octanol–water partition coefficient (Wildman–Crippen LogP) is 1.66. The summed E-state index contributed by atoms with van der Waals surface area (Å²) in [7, 11) is 0. The summed E-state index contributed by atoms with van der Waals surface area (Å²) in [5.74, 6) is -1.05. The predicted molar refractivity (Wildman–Crippen MR) is 60.2 cm³/mol. The molecule has 0 spiro atoms. The van der Waals surface area contributed by atoms with Gasteiger partial charge in [-0.1, -0.05) is 13.8 Å². The maximum absolute atomic E-state index is 10.8. The molecule has 0 aromatic carbocycles. The maximum atomic E-state index is 10.8. The van der Waals surface area contributed by atoms with E-state index in [9.17, 15) is 9.90 Å². The van der Waals surface area contributed by atoms with E-state index in [2.05, 4.69) is 0 Å². The van der Waals surface area contributed by atoms with Gasteiger partial charge in [0.15, 0.2) is 0 Å². The lowest BCUT2D eigenvalue weighted by atomic mass is 9.98. The first kappa shape index (κ1) is 13.5. The minimum Gasteiger partial charge on any atom is -0.481 e. The second kappa shape index (κ2) is 5.64. The molecule has 4 nitrogen and oxygen atoms in total. The van der Waals surface area contributed by atoms with E-state index >= 15 is 0 Å². The van der Waals surface area contributed by atoms with Gasteiger partial charge in [0.2, 0.25) is 0 Å². The highest BCUT2D eigenvalue weighted by Gasteiger charge is 2.33. The number of ether oxygens (including phenoxy) is 1. The van der Waals surface area contributed by atoms with Crippen molar-refractivity contribution in [2.75, 3.05) is 0 Å². The van der Waals surface area contributed by atoms with Crippen molar-refractivity contribution in [3.8, 4) is 0 Å². The maximum Gasteiger partial charge on any atom is 0.308 e. The molecule has 0 unspecified atom stereocenters. The van der Waals surface area contributed by atoms with Gasteiger partial charge < -0.3 is 14.9 Å². The van der Waals surface area contributed by atoms with Gasteiger partial charge in [0.25, 0.3) is 0 Å². The summed E-state index contributed by atoms with van der Waals surface area (Å²) >= 11 is 0. The van der Waals surface area contributed by atoms with Crippen LogP contribution in [0.5, 0.6) is 0 Å². The Kier molecular flexibility index (Phi) is 4.74. The van der Waals surface area contributed by atoms with Gasteiger partial charge in [-0.2, -0.15) is 0 Å². The minimum atomic E-state index is -0.810. The molecule has 1 heterocycles. The van der Waals surface area contributed by atoms with Gasteiger partial charge in [-0.15, -0.1) is 0 Å². The first-order valence-electron chi connectivity index (χ1n) is 5.98. The van der Waals surface area contributed by atoms with Crippen LogP contribution in [0.15, 0.2) is 0 Å². The van der Waals surface area contributed by atoms with E-state index in [1.54, 1.807) is 6.92 Å². The van der Waals surface area contributed by atoms with Crippen molar-refractivity contribution in [2.45, 2.75) is 58.3 Å².